The molecule has 0 aromatic carbocycles. The Morgan fingerprint density at radius 3 is 2.77 bits per heavy atom. The van der Waals surface area contributed by atoms with E-state index in [2.05, 4.69) is 28.0 Å². The monoisotopic (exact) mass is 297 g/mol. The molecule has 116 valence electrons. The highest BCUT2D eigenvalue weighted by molar-refractivity contribution is 5.24. The predicted molar refractivity (Wildman–Crippen MR) is 87.7 cm³/mol. The molecule has 0 amide bonds. The van der Waals surface area contributed by atoms with Gasteiger partial charge >= 0.3 is 0 Å². The first-order chi connectivity index (χ1) is 10.6. The summed E-state index contributed by atoms with van der Waals surface area (Å²) in [4.78, 5) is 22.2. The zero-order valence-electron chi connectivity index (χ0n) is 13.5. The van der Waals surface area contributed by atoms with Crippen LogP contribution in [-0.2, 0) is 6.54 Å². The maximum absolute atomic E-state index is 12.1. The van der Waals surface area contributed by atoms with Crippen molar-refractivity contribution >= 4 is 0 Å². The fourth-order valence-electron chi connectivity index (χ4n) is 3.10. The first kappa shape index (κ1) is 15.0. The summed E-state index contributed by atoms with van der Waals surface area (Å²) < 4.78 is 0. The Labute approximate surface area is 131 Å². The molecule has 2 aromatic rings. The minimum atomic E-state index is 0.142. The molecule has 0 spiro atoms. The van der Waals surface area contributed by atoms with Crippen molar-refractivity contribution in [3.05, 3.63) is 63.3 Å². The van der Waals surface area contributed by atoms with Crippen LogP contribution in [0.3, 0.4) is 0 Å². The highest BCUT2D eigenvalue weighted by atomic mass is 16.1. The number of rotatable bonds is 5. The van der Waals surface area contributed by atoms with Crippen molar-refractivity contribution in [2.75, 3.05) is 7.05 Å². The Balaban J connectivity index is 1.85. The molecule has 1 atom stereocenters. The van der Waals surface area contributed by atoms with Crippen LogP contribution in [0.25, 0.3) is 0 Å². The Bertz CT molecular complexity index is 704. The molecule has 3 rings (SSSR count). The number of nitrogens with zero attached hydrogens (tertiary/aromatic N) is 2. The van der Waals surface area contributed by atoms with Crippen molar-refractivity contribution in [2.24, 2.45) is 5.92 Å². The van der Waals surface area contributed by atoms with E-state index in [0.29, 0.717) is 12.0 Å². The Morgan fingerprint density at radius 2 is 2.14 bits per heavy atom. The summed E-state index contributed by atoms with van der Waals surface area (Å²) in [6.07, 6.45) is 6.19. The molecular formula is C18H23N3O. The molecule has 0 radical (unpaired) electrons. The van der Waals surface area contributed by atoms with Gasteiger partial charge in [0.05, 0.1) is 11.7 Å². The average molecular weight is 297 g/mol. The summed E-state index contributed by atoms with van der Waals surface area (Å²) in [5.41, 5.74) is 3.86. The topological polar surface area (TPSA) is 49.0 Å². The van der Waals surface area contributed by atoms with E-state index in [1.165, 1.54) is 12.8 Å². The zero-order chi connectivity index (χ0) is 15.7. The molecular weight excluding hydrogens is 274 g/mol. The molecule has 1 aliphatic carbocycles. The normalized spacial score (nSPS) is 16.0. The van der Waals surface area contributed by atoms with Crippen LogP contribution in [0.5, 0.6) is 0 Å². The van der Waals surface area contributed by atoms with Gasteiger partial charge in [-0.15, -0.1) is 0 Å². The first-order valence-corrected chi connectivity index (χ1v) is 7.87. The molecule has 1 N–H and O–H groups in total. The Kier molecular flexibility index (Phi) is 4.12. The third-order valence-corrected chi connectivity index (χ3v) is 4.56. The van der Waals surface area contributed by atoms with Gasteiger partial charge in [0.15, 0.2) is 5.43 Å². The largest absolute Gasteiger partial charge is 0.363 e. The molecule has 0 aliphatic heterocycles. The summed E-state index contributed by atoms with van der Waals surface area (Å²) in [6.45, 7) is 4.49. The predicted octanol–water partition coefficient (Wildman–Crippen LogP) is 2.97. The van der Waals surface area contributed by atoms with Crippen molar-refractivity contribution in [2.45, 2.75) is 39.3 Å². The number of nitrogens with one attached hydrogen (secondary N) is 1. The van der Waals surface area contributed by atoms with Gasteiger partial charge in [-0.05, 0) is 51.8 Å². The van der Waals surface area contributed by atoms with Gasteiger partial charge < -0.3 is 4.98 Å². The highest BCUT2D eigenvalue weighted by Gasteiger charge is 2.35. The third kappa shape index (κ3) is 2.97. The summed E-state index contributed by atoms with van der Waals surface area (Å²) in [5.74, 6) is 0.678. The summed E-state index contributed by atoms with van der Waals surface area (Å²) in [7, 11) is 2.12. The molecule has 1 aliphatic rings. The van der Waals surface area contributed by atoms with E-state index in [1.54, 1.807) is 0 Å². The van der Waals surface area contributed by atoms with Crippen LogP contribution in [0.15, 0.2) is 35.4 Å². The van der Waals surface area contributed by atoms with Gasteiger partial charge in [-0.2, -0.15) is 0 Å². The van der Waals surface area contributed by atoms with Gasteiger partial charge in [0.1, 0.15) is 0 Å². The van der Waals surface area contributed by atoms with Crippen molar-refractivity contribution in [3.63, 3.8) is 0 Å². The molecule has 4 heteroatoms. The zero-order valence-corrected chi connectivity index (χ0v) is 13.5. The number of aryl methyl sites for hydroxylation is 1. The van der Waals surface area contributed by atoms with Crippen molar-refractivity contribution in [1.29, 1.82) is 0 Å². The fourth-order valence-corrected chi connectivity index (χ4v) is 3.10. The molecule has 0 saturated heterocycles. The number of H-pyrrole nitrogens is 1. The lowest BCUT2D eigenvalue weighted by Gasteiger charge is -2.28. The summed E-state index contributed by atoms with van der Waals surface area (Å²) in [6, 6.07) is 6.43. The lowest BCUT2D eigenvalue weighted by atomic mass is 10.1. The smallest absolute Gasteiger partial charge is 0.187 e. The van der Waals surface area contributed by atoms with Crippen molar-refractivity contribution in [3.8, 4) is 0 Å². The maximum Gasteiger partial charge on any atom is 0.187 e. The molecule has 0 bridgehead atoms. The molecule has 0 unspecified atom stereocenters. The van der Waals surface area contributed by atoms with Gasteiger partial charge in [0.25, 0.3) is 0 Å². The second kappa shape index (κ2) is 6.05. The second-order valence-electron chi connectivity index (χ2n) is 6.36. The van der Waals surface area contributed by atoms with E-state index in [1.807, 2.05) is 38.4 Å². The lowest BCUT2D eigenvalue weighted by Crippen LogP contribution is -2.28. The van der Waals surface area contributed by atoms with E-state index >= 15 is 0 Å². The standard InChI is InChI=1S/C18H23N3O/c1-12-10-20-16(13(2)18(12)22)11-21(3)17(14-7-8-14)15-6-4-5-9-19-15/h4-6,9-10,14,17H,7-8,11H2,1-3H3,(H,20,22)/t17-/m1/s1. The van der Waals surface area contributed by atoms with Gasteiger partial charge in [0.2, 0.25) is 0 Å². The molecule has 1 fully saturated rings. The van der Waals surface area contributed by atoms with Gasteiger partial charge in [-0.1, -0.05) is 6.07 Å². The number of pyridine rings is 2. The molecule has 22 heavy (non-hydrogen) atoms. The van der Waals surface area contributed by atoms with Gasteiger partial charge in [-0.25, -0.2) is 0 Å². The van der Waals surface area contributed by atoms with E-state index < -0.39 is 0 Å². The van der Waals surface area contributed by atoms with Crippen LogP contribution in [0.2, 0.25) is 0 Å². The van der Waals surface area contributed by atoms with Crippen LogP contribution in [-0.4, -0.2) is 21.9 Å². The maximum atomic E-state index is 12.1. The van der Waals surface area contributed by atoms with E-state index in [4.69, 9.17) is 0 Å². The van der Waals surface area contributed by atoms with Crippen molar-refractivity contribution < 1.29 is 0 Å². The van der Waals surface area contributed by atoms with E-state index in [-0.39, 0.29) is 5.43 Å². The number of aromatic amines is 1. The van der Waals surface area contributed by atoms with E-state index in [0.717, 1.165) is 29.1 Å². The quantitative estimate of drug-likeness (QED) is 0.923. The molecule has 1 saturated carbocycles. The number of hydrogen-bond donors (Lipinski definition) is 1. The molecule has 4 nitrogen and oxygen atoms in total. The number of hydrogen-bond acceptors (Lipinski definition) is 3. The third-order valence-electron chi connectivity index (χ3n) is 4.56. The van der Waals surface area contributed by atoms with E-state index in [9.17, 15) is 4.79 Å². The van der Waals surface area contributed by atoms with Crippen LogP contribution in [0.1, 0.15) is 41.4 Å². The fraction of sp³-hybridized carbons (Fsp3) is 0.444. The van der Waals surface area contributed by atoms with Crippen LogP contribution >= 0.6 is 0 Å². The van der Waals surface area contributed by atoms with Crippen molar-refractivity contribution in [1.82, 2.24) is 14.9 Å². The SMILES string of the molecule is Cc1c[nH]c(CN(C)[C@@H](c2ccccn2)C2CC2)c(C)c1=O. The van der Waals surface area contributed by atoms with Gasteiger partial charge in [0, 0.05) is 35.8 Å². The second-order valence-corrected chi connectivity index (χ2v) is 6.36. The van der Waals surface area contributed by atoms with Crippen LogP contribution < -0.4 is 5.43 Å². The molecule has 2 heterocycles. The lowest BCUT2D eigenvalue weighted by molar-refractivity contribution is 0.205. The Hall–Kier alpha value is -1.94. The number of aromatic nitrogens is 2. The minimum Gasteiger partial charge on any atom is -0.363 e. The van der Waals surface area contributed by atoms with Crippen LogP contribution in [0, 0.1) is 19.8 Å². The summed E-state index contributed by atoms with van der Waals surface area (Å²) >= 11 is 0. The Morgan fingerprint density at radius 1 is 1.36 bits per heavy atom. The molecule has 2 aromatic heterocycles. The highest BCUT2D eigenvalue weighted by Crippen LogP contribution is 2.43. The summed E-state index contributed by atoms with van der Waals surface area (Å²) in [5, 5.41) is 0. The first-order valence-electron chi connectivity index (χ1n) is 7.87. The van der Waals surface area contributed by atoms with Crippen LogP contribution in [0.4, 0.5) is 0 Å². The minimum absolute atomic E-state index is 0.142. The van der Waals surface area contributed by atoms with Gasteiger partial charge in [-0.3, -0.25) is 14.7 Å². The average Bonchev–Trinajstić information content (AvgIpc) is 3.34.